The predicted molar refractivity (Wildman–Crippen MR) is 138 cm³/mol. The number of aryl methyl sites for hydroxylation is 2. The van der Waals surface area contributed by atoms with Gasteiger partial charge < -0.3 is 15.5 Å². The molecule has 196 valence electrons. The Hall–Kier alpha value is -3.68. The molecule has 0 radical (unpaired) electrons. The molecule has 2 unspecified atom stereocenters. The molecule has 2 aromatic rings. The fourth-order valence-corrected chi connectivity index (χ4v) is 5.81. The average molecular weight is 507 g/mol. The Balaban J connectivity index is 1.51. The first-order chi connectivity index (χ1) is 17.8. The van der Waals surface area contributed by atoms with E-state index >= 15 is 0 Å². The average Bonchev–Trinajstić information content (AvgIpc) is 3.33. The minimum atomic E-state index is -1.13. The van der Waals surface area contributed by atoms with Gasteiger partial charge in [0.1, 0.15) is 12.6 Å². The van der Waals surface area contributed by atoms with Gasteiger partial charge in [0.05, 0.1) is 11.3 Å². The molecule has 1 saturated carbocycles. The maximum Gasteiger partial charge on any atom is 0.323 e. The molecule has 0 spiro atoms. The summed E-state index contributed by atoms with van der Waals surface area (Å²) in [6.45, 7) is -0.492. The second-order valence-corrected chi connectivity index (χ2v) is 10.3. The van der Waals surface area contributed by atoms with E-state index < -0.39 is 41.8 Å². The fourth-order valence-electron chi connectivity index (χ4n) is 5.81. The summed E-state index contributed by atoms with van der Waals surface area (Å²) >= 11 is 0. The van der Waals surface area contributed by atoms with Gasteiger partial charge in [0, 0.05) is 5.69 Å². The van der Waals surface area contributed by atoms with Crippen LogP contribution in [0.5, 0.6) is 0 Å². The Morgan fingerprint density at radius 1 is 1.00 bits per heavy atom. The van der Waals surface area contributed by atoms with Crippen LogP contribution < -0.4 is 10.2 Å². The van der Waals surface area contributed by atoms with E-state index in [0.717, 1.165) is 24.0 Å². The highest BCUT2D eigenvalue weighted by Crippen LogP contribution is 2.44. The first kappa shape index (κ1) is 26.4. The third-order valence-electron chi connectivity index (χ3n) is 7.80. The van der Waals surface area contributed by atoms with Gasteiger partial charge in [-0.25, -0.2) is 0 Å². The molecule has 2 atom stereocenters. The van der Waals surface area contributed by atoms with Crippen molar-refractivity contribution in [1.82, 2.24) is 5.32 Å². The predicted octanol–water partition coefficient (Wildman–Crippen LogP) is 3.82. The van der Waals surface area contributed by atoms with Gasteiger partial charge in [-0.3, -0.25) is 24.1 Å². The smallest absolute Gasteiger partial charge is 0.323 e. The number of fused-ring (bicyclic) bond motifs is 1. The number of hydrogen-bond acceptors (Lipinski definition) is 4. The normalized spacial score (nSPS) is 19.5. The number of carbonyl (C=O) groups is 4. The van der Waals surface area contributed by atoms with Crippen molar-refractivity contribution in [3.05, 3.63) is 65.7 Å². The number of nitrogens with one attached hydrogen (secondary N) is 1. The number of anilines is 1. The molecular weight excluding hydrogens is 472 g/mol. The van der Waals surface area contributed by atoms with Crippen molar-refractivity contribution in [3.8, 4) is 0 Å². The molecule has 1 fully saturated rings. The zero-order valence-electron chi connectivity index (χ0n) is 20.9. The zero-order chi connectivity index (χ0) is 26.4. The lowest BCUT2D eigenvalue weighted by Gasteiger charge is -2.33. The third kappa shape index (κ3) is 6.18. The Bertz CT molecular complexity index is 1140. The van der Waals surface area contributed by atoms with Crippen LogP contribution in [0.2, 0.25) is 0 Å². The molecule has 1 aliphatic carbocycles. The van der Waals surface area contributed by atoms with E-state index in [1.54, 1.807) is 12.1 Å². The van der Waals surface area contributed by atoms with Crippen LogP contribution >= 0.6 is 0 Å². The highest BCUT2D eigenvalue weighted by molar-refractivity contribution is 6.03. The van der Waals surface area contributed by atoms with Gasteiger partial charge in [-0.2, -0.15) is 0 Å². The summed E-state index contributed by atoms with van der Waals surface area (Å²) in [5.41, 5.74) is 1.61. The molecule has 8 nitrogen and oxygen atoms in total. The van der Waals surface area contributed by atoms with Crippen molar-refractivity contribution < 1.29 is 29.4 Å². The van der Waals surface area contributed by atoms with Gasteiger partial charge >= 0.3 is 11.9 Å². The number of carboxylic acid groups (broad SMARTS) is 2. The number of carbonyl (C=O) groups excluding carboxylic acids is 2. The lowest BCUT2D eigenvalue weighted by atomic mass is 9.75. The highest BCUT2D eigenvalue weighted by atomic mass is 16.4. The molecule has 2 aromatic carbocycles. The van der Waals surface area contributed by atoms with Crippen LogP contribution in [-0.4, -0.2) is 46.6 Å². The summed E-state index contributed by atoms with van der Waals surface area (Å²) in [5.74, 6) is -3.47. The molecule has 0 saturated heterocycles. The number of nitrogens with zero attached hydrogens (tertiary/aromatic N) is 1. The highest BCUT2D eigenvalue weighted by Gasteiger charge is 2.45. The van der Waals surface area contributed by atoms with Gasteiger partial charge in [0.2, 0.25) is 11.8 Å². The van der Waals surface area contributed by atoms with E-state index in [1.807, 2.05) is 42.5 Å². The number of aliphatic carboxylic acids is 2. The second-order valence-electron chi connectivity index (χ2n) is 10.3. The largest absolute Gasteiger partial charge is 0.481 e. The molecule has 37 heavy (non-hydrogen) atoms. The van der Waals surface area contributed by atoms with Crippen LogP contribution in [0.15, 0.2) is 54.6 Å². The van der Waals surface area contributed by atoms with Crippen LogP contribution in [0.3, 0.4) is 0 Å². The summed E-state index contributed by atoms with van der Waals surface area (Å²) in [6, 6.07) is 16.0. The Kier molecular flexibility index (Phi) is 8.26. The molecule has 0 aromatic heterocycles. The van der Waals surface area contributed by atoms with E-state index in [2.05, 4.69) is 5.32 Å². The quantitative estimate of drug-likeness (QED) is 0.450. The lowest BCUT2D eigenvalue weighted by Crippen LogP contribution is -2.53. The number of benzene rings is 2. The number of rotatable bonds is 10. The van der Waals surface area contributed by atoms with Crippen molar-refractivity contribution in [3.63, 3.8) is 0 Å². The SMILES string of the molecule is O=C(O)CN1C(=O)C(NC(=O)C2(CC(CCc3ccccc3)C(=O)O)CCCC2)CCc2ccccc21. The maximum atomic E-state index is 13.7. The van der Waals surface area contributed by atoms with Crippen molar-refractivity contribution in [2.75, 3.05) is 11.4 Å². The van der Waals surface area contributed by atoms with Crippen LogP contribution in [-0.2, 0) is 32.0 Å². The van der Waals surface area contributed by atoms with E-state index in [0.29, 0.717) is 44.2 Å². The molecule has 2 amide bonds. The van der Waals surface area contributed by atoms with Gasteiger partial charge in [-0.1, -0.05) is 61.4 Å². The first-order valence-corrected chi connectivity index (χ1v) is 13.0. The summed E-state index contributed by atoms with van der Waals surface area (Å²) in [5, 5.41) is 22.3. The van der Waals surface area contributed by atoms with Crippen LogP contribution in [0.25, 0.3) is 0 Å². The Morgan fingerprint density at radius 3 is 2.35 bits per heavy atom. The van der Waals surface area contributed by atoms with Crippen molar-refractivity contribution >= 4 is 29.4 Å². The summed E-state index contributed by atoms with van der Waals surface area (Å²) in [6.07, 6.45) is 4.94. The third-order valence-corrected chi connectivity index (χ3v) is 7.80. The molecule has 1 aliphatic heterocycles. The Labute approximate surface area is 216 Å². The minimum Gasteiger partial charge on any atom is -0.481 e. The van der Waals surface area contributed by atoms with Crippen molar-refractivity contribution in [1.29, 1.82) is 0 Å². The molecule has 8 heteroatoms. The molecule has 1 heterocycles. The van der Waals surface area contributed by atoms with Crippen LogP contribution in [0.1, 0.15) is 56.1 Å². The minimum absolute atomic E-state index is 0.223. The molecule has 4 rings (SSSR count). The molecule has 0 bridgehead atoms. The second kappa shape index (κ2) is 11.6. The fraction of sp³-hybridized carbons (Fsp3) is 0.448. The molecular formula is C29H34N2O6. The topological polar surface area (TPSA) is 124 Å². The summed E-state index contributed by atoms with van der Waals surface area (Å²) in [4.78, 5) is 52.1. The van der Waals surface area contributed by atoms with E-state index in [-0.39, 0.29) is 12.3 Å². The van der Waals surface area contributed by atoms with E-state index in [4.69, 9.17) is 0 Å². The Morgan fingerprint density at radius 2 is 1.68 bits per heavy atom. The number of hydrogen-bond donors (Lipinski definition) is 3. The number of amides is 2. The first-order valence-electron chi connectivity index (χ1n) is 13.0. The summed E-state index contributed by atoms with van der Waals surface area (Å²) < 4.78 is 0. The monoisotopic (exact) mass is 506 g/mol. The van der Waals surface area contributed by atoms with Gasteiger partial charge in [-0.05, 0) is 62.1 Å². The summed E-state index contributed by atoms with van der Waals surface area (Å²) in [7, 11) is 0. The van der Waals surface area contributed by atoms with Crippen molar-refractivity contribution in [2.24, 2.45) is 11.3 Å². The lowest BCUT2D eigenvalue weighted by molar-refractivity contribution is -0.145. The van der Waals surface area contributed by atoms with Crippen LogP contribution in [0, 0.1) is 11.3 Å². The van der Waals surface area contributed by atoms with Crippen molar-refractivity contribution in [2.45, 2.75) is 63.8 Å². The number of carboxylic acids is 2. The molecule has 2 aliphatic rings. The van der Waals surface area contributed by atoms with Crippen LogP contribution in [0.4, 0.5) is 5.69 Å². The standard InChI is InChI=1S/C29H34N2O6/c32-25(33)19-31-24-11-5-4-10-21(24)14-15-23(26(31)34)30-28(37)29(16-6-7-17-29)18-22(27(35)36)13-12-20-8-2-1-3-9-20/h1-5,8-11,22-23H,6-7,12-19H2,(H,30,37)(H,32,33)(H,35,36). The van der Waals surface area contributed by atoms with E-state index in [9.17, 15) is 29.4 Å². The van der Waals surface area contributed by atoms with Gasteiger partial charge in [0.25, 0.3) is 0 Å². The molecule has 3 N–H and O–H groups in total. The number of para-hydroxylation sites is 1. The van der Waals surface area contributed by atoms with E-state index in [1.165, 1.54) is 4.90 Å². The van der Waals surface area contributed by atoms with Gasteiger partial charge in [0.15, 0.2) is 0 Å². The van der Waals surface area contributed by atoms with Gasteiger partial charge in [-0.15, -0.1) is 0 Å². The maximum absolute atomic E-state index is 13.7. The zero-order valence-corrected chi connectivity index (χ0v) is 20.9.